The number of carbonyl (C=O) groups is 2. The summed E-state index contributed by atoms with van der Waals surface area (Å²) in [6, 6.07) is 7.16. The average molecular weight is 448 g/mol. The number of hydrogen-bond acceptors (Lipinski definition) is 9. The molecule has 0 spiro atoms. The van der Waals surface area contributed by atoms with Crippen molar-refractivity contribution in [2.45, 2.75) is 18.9 Å². The number of aromatic nitrogens is 1. The standard InChI is InChI=1S/C24H24N4O5/c1-31-23-19(33-14-20-17(29)5-3-11-32-20)7-6-16-22(23)27-21(28-10-9-26-24(16)28)12-18(30)15-4-2-8-25-13-15/h2,4,6-8,12-13,20,27H,3,5,9-11,14H2,1H3. The fraction of sp³-hybridized carbons (Fsp3) is 0.333. The monoisotopic (exact) mass is 448 g/mol. The van der Waals surface area contributed by atoms with Crippen LogP contribution in [0.5, 0.6) is 11.5 Å². The van der Waals surface area contributed by atoms with Crippen LogP contribution in [0, 0.1) is 0 Å². The lowest BCUT2D eigenvalue weighted by atomic mass is 10.1. The number of pyridine rings is 1. The van der Waals surface area contributed by atoms with Gasteiger partial charge in [0.2, 0.25) is 0 Å². The van der Waals surface area contributed by atoms with Gasteiger partial charge in [-0.3, -0.25) is 19.6 Å². The lowest BCUT2D eigenvalue weighted by Gasteiger charge is -2.32. The second-order valence-corrected chi connectivity index (χ2v) is 7.88. The number of nitrogens with one attached hydrogen (secondary N) is 1. The molecule has 0 saturated carbocycles. The van der Waals surface area contributed by atoms with Gasteiger partial charge >= 0.3 is 0 Å². The van der Waals surface area contributed by atoms with Gasteiger partial charge in [0.25, 0.3) is 0 Å². The summed E-state index contributed by atoms with van der Waals surface area (Å²) in [5.41, 5.74) is 2.01. The van der Waals surface area contributed by atoms with Crippen LogP contribution in [0.1, 0.15) is 28.8 Å². The number of aliphatic imine (C=N–C) groups is 1. The number of amidine groups is 1. The number of fused-ring (bicyclic) bond motifs is 3. The van der Waals surface area contributed by atoms with E-state index in [-0.39, 0.29) is 18.2 Å². The third-order valence-corrected chi connectivity index (χ3v) is 5.80. The molecule has 170 valence electrons. The van der Waals surface area contributed by atoms with Crippen molar-refractivity contribution in [1.29, 1.82) is 0 Å². The zero-order chi connectivity index (χ0) is 22.8. The number of carbonyl (C=O) groups excluding carboxylic acids is 2. The van der Waals surface area contributed by atoms with Gasteiger partial charge in [-0.2, -0.15) is 0 Å². The minimum Gasteiger partial charge on any atom is -0.491 e. The van der Waals surface area contributed by atoms with Crippen LogP contribution >= 0.6 is 0 Å². The molecule has 1 atom stereocenters. The van der Waals surface area contributed by atoms with E-state index in [1.165, 1.54) is 6.20 Å². The molecule has 0 bridgehead atoms. The third kappa shape index (κ3) is 4.07. The number of nitrogens with zero attached hydrogens (tertiary/aromatic N) is 3. The van der Waals surface area contributed by atoms with Gasteiger partial charge in [0.15, 0.2) is 23.1 Å². The molecule has 1 saturated heterocycles. The molecule has 0 aliphatic carbocycles. The number of anilines is 1. The molecule has 1 aromatic carbocycles. The molecule has 1 unspecified atom stereocenters. The van der Waals surface area contributed by atoms with Crippen molar-refractivity contribution in [2.24, 2.45) is 4.99 Å². The van der Waals surface area contributed by atoms with E-state index in [2.05, 4.69) is 15.3 Å². The predicted molar refractivity (Wildman–Crippen MR) is 121 cm³/mol. The summed E-state index contributed by atoms with van der Waals surface area (Å²) >= 11 is 0. The Morgan fingerprint density at radius 2 is 2.27 bits per heavy atom. The van der Waals surface area contributed by atoms with Crippen LogP contribution in [0.4, 0.5) is 5.69 Å². The zero-order valence-electron chi connectivity index (χ0n) is 18.2. The second kappa shape index (κ2) is 9.03. The molecule has 1 fully saturated rings. The molecule has 33 heavy (non-hydrogen) atoms. The van der Waals surface area contributed by atoms with Crippen molar-refractivity contribution in [3.63, 3.8) is 0 Å². The fourth-order valence-corrected chi connectivity index (χ4v) is 4.16. The number of ether oxygens (including phenoxy) is 3. The second-order valence-electron chi connectivity index (χ2n) is 7.88. The topological polar surface area (TPSA) is 102 Å². The van der Waals surface area contributed by atoms with Gasteiger partial charge in [-0.15, -0.1) is 0 Å². The highest BCUT2D eigenvalue weighted by Gasteiger charge is 2.33. The van der Waals surface area contributed by atoms with Gasteiger partial charge in [0, 0.05) is 49.2 Å². The first-order valence-electron chi connectivity index (χ1n) is 10.9. The highest BCUT2D eigenvalue weighted by Crippen LogP contribution is 2.43. The highest BCUT2D eigenvalue weighted by atomic mass is 16.5. The van der Waals surface area contributed by atoms with Gasteiger partial charge in [0.1, 0.15) is 24.4 Å². The van der Waals surface area contributed by atoms with Crippen LogP contribution in [-0.4, -0.2) is 66.8 Å². The lowest BCUT2D eigenvalue weighted by Crippen LogP contribution is -2.37. The van der Waals surface area contributed by atoms with Crippen molar-refractivity contribution in [3.8, 4) is 11.5 Å². The van der Waals surface area contributed by atoms with E-state index in [1.807, 2.05) is 11.0 Å². The molecule has 0 amide bonds. The number of benzene rings is 1. The molecule has 9 heteroatoms. The molecule has 5 rings (SSSR count). The van der Waals surface area contributed by atoms with E-state index in [4.69, 9.17) is 14.2 Å². The Balaban J connectivity index is 1.46. The predicted octanol–water partition coefficient (Wildman–Crippen LogP) is 2.43. The number of ketones is 2. The minimum atomic E-state index is -0.574. The summed E-state index contributed by atoms with van der Waals surface area (Å²) in [6.07, 6.45) is 5.38. The van der Waals surface area contributed by atoms with Crippen LogP contribution in [0.25, 0.3) is 0 Å². The van der Waals surface area contributed by atoms with Gasteiger partial charge in [-0.25, -0.2) is 0 Å². The van der Waals surface area contributed by atoms with E-state index in [0.29, 0.717) is 54.7 Å². The van der Waals surface area contributed by atoms with Crippen LogP contribution in [0.15, 0.2) is 53.5 Å². The number of rotatable bonds is 6. The van der Waals surface area contributed by atoms with E-state index in [0.717, 1.165) is 17.8 Å². The molecule has 4 heterocycles. The minimum absolute atomic E-state index is 0.0476. The van der Waals surface area contributed by atoms with Gasteiger partial charge in [0.05, 0.1) is 19.3 Å². The molecule has 1 aromatic heterocycles. The fourth-order valence-electron chi connectivity index (χ4n) is 4.16. The van der Waals surface area contributed by atoms with Crippen LogP contribution < -0.4 is 14.8 Å². The van der Waals surface area contributed by atoms with E-state index in [9.17, 15) is 9.59 Å². The van der Waals surface area contributed by atoms with Gasteiger partial charge < -0.3 is 24.4 Å². The van der Waals surface area contributed by atoms with E-state index < -0.39 is 6.10 Å². The Hall–Kier alpha value is -3.72. The van der Waals surface area contributed by atoms with Crippen molar-refractivity contribution >= 4 is 23.1 Å². The van der Waals surface area contributed by atoms with Crippen molar-refractivity contribution < 1.29 is 23.8 Å². The van der Waals surface area contributed by atoms with Crippen LogP contribution in [0.3, 0.4) is 0 Å². The number of allylic oxidation sites excluding steroid dienone is 1. The maximum atomic E-state index is 12.8. The first kappa shape index (κ1) is 21.1. The smallest absolute Gasteiger partial charge is 0.191 e. The van der Waals surface area contributed by atoms with E-state index in [1.54, 1.807) is 37.6 Å². The molecular weight excluding hydrogens is 424 g/mol. The van der Waals surface area contributed by atoms with Crippen molar-refractivity contribution in [2.75, 3.05) is 38.7 Å². The summed E-state index contributed by atoms with van der Waals surface area (Å²) in [7, 11) is 1.55. The zero-order valence-corrected chi connectivity index (χ0v) is 18.2. The number of hydrogen-bond donors (Lipinski definition) is 1. The Labute approximate surface area is 191 Å². The van der Waals surface area contributed by atoms with Gasteiger partial charge in [-0.1, -0.05) is 0 Å². The molecular formula is C24H24N4O5. The number of methoxy groups -OCH3 is 1. The SMILES string of the molecule is COc1c(OCC2OCCCC2=O)ccc2c1NC(=CC(=O)c1cccnc1)N1CCN=C21. The Bertz CT molecular complexity index is 1150. The molecule has 9 nitrogen and oxygen atoms in total. The first-order valence-corrected chi connectivity index (χ1v) is 10.9. The maximum absolute atomic E-state index is 12.8. The van der Waals surface area contributed by atoms with Crippen LogP contribution in [0.2, 0.25) is 0 Å². The Morgan fingerprint density at radius 3 is 3.06 bits per heavy atom. The van der Waals surface area contributed by atoms with Crippen molar-refractivity contribution in [3.05, 3.63) is 59.7 Å². The summed E-state index contributed by atoms with van der Waals surface area (Å²) in [5.74, 6) is 2.21. The summed E-state index contributed by atoms with van der Waals surface area (Å²) < 4.78 is 17.2. The molecule has 0 radical (unpaired) electrons. The average Bonchev–Trinajstić information content (AvgIpc) is 3.34. The van der Waals surface area contributed by atoms with E-state index >= 15 is 0 Å². The van der Waals surface area contributed by atoms with Crippen molar-refractivity contribution in [1.82, 2.24) is 9.88 Å². The first-order chi connectivity index (χ1) is 16.2. The molecule has 1 N–H and O–H groups in total. The molecule has 3 aliphatic rings. The Morgan fingerprint density at radius 1 is 1.36 bits per heavy atom. The quantitative estimate of drug-likeness (QED) is 0.531. The summed E-state index contributed by atoms with van der Waals surface area (Å²) in [4.78, 5) is 35.5. The van der Waals surface area contributed by atoms with Crippen LogP contribution in [-0.2, 0) is 9.53 Å². The molecule has 2 aromatic rings. The number of Topliss-reactive ketones (excluding diaryl/α,β-unsaturated/α-hetero) is 1. The maximum Gasteiger partial charge on any atom is 0.191 e. The largest absolute Gasteiger partial charge is 0.491 e. The highest BCUT2D eigenvalue weighted by molar-refractivity contribution is 6.11. The third-order valence-electron chi connectivity index (χ3n) is 5.80. The molecule has 3 aliphatic heterocycles. The van der Waals surface area contributed by atoms with Gasteiger partial charge in [-0.05, 0) is 30.7 Å². The summed E-state index contributed by atoms with van der Waals surface area (Å²) in [5, 5.41) is 3.34. The normalized spacial score (nSPS) is 20.6. The Kier molecular flexibility index (Phi) is 5.78. The summed E-state index contributed by atoms with van der Waals surface area (Å²) in [6.45, 7) is 1.95. The lowest BCUT2D eigenvalue weighted by molar-refractivity contribution is -0.137.